The maximum absolute atomic E-state index is 12.7. The Morgan fingerprint density at radius 2 is 2.00 bits per heavy atom. The van der Waals surface area contributed by atoms with Crippen LogP contribution < -0.4 is 10.1 Å². The van der Waals surface area contributed by atoms with E-state index in [4.69, 9.17) is 4.74 Å². The molecule has 5 rings (SSSR count). The molecule has 0 saturated carbocycles. The number of hydrogen-bond acceptors (Lipinski definition) is 5. The van der Waals surface area contributed by atoms with Gasteiger partial charge in [-0.1, -0.05) is 18.2 Å². The number of para-hydroxylation sites is 1. The Morgan fingerprint density at radius 1 is 1.13 bits per heavy atom. The Morgan fingerprint density at radius 3 is 2.87 bits per heavy atom. The van der Waals surface area contributed by atoms with E-state index in [1.165, 1.54) is 11.3 Å². The first-order chi connectivity index (χ1) is 14.7. The van der Waals surface area contributed by atoms with E-state index in [9.17, 15) is 4.79 Å². The number of fused-ring (bicyclic) bond motifs is 2. The van der Waals surface area contributed by atoms with Crippen molar-refractivity contribution in [2.24, 2.45) is 0 Å². The molecule has 1 N–H and O–H groups in total. The zero-order valence-electron chi connectivity index (χ0n) is 16.3. The van der Waals surface area contributed by atoms with Crippen LogP contribution in [0.5, 0.6) is 5.75 Å². The molecule has 0 aliphatic carbocycles. The summed E-state index contributed by atoms with van der Waals surface area (Å²) in [5.74, 6) is 0.621. The van der Waals surface area contributed by atoms with Crippen LogP contribution in [0.2, 0.25) is 0 Å². The first-order valence-electron chi connectivity index (χ1n) is 9.54. The molecule has 4 heterocycles. The maximum atomic E-state index is 12.7. The van der Waals surface area contributed by atoms with Gasteiger partial charge in [-0.25, -0.2) is 9.97 Å². The molecule has 7 nitrogen and oxygen atoms in total. The van der Waals surface area contributed by atoms with Crippen molar-refractivity contribution in [3.8, 4) is 17.0 Å². The lowest BCUT2D eigenvalue weighted by Crippen LogP contribution is -2.26. The first kappa shape index (κ1) is 18.4. The molecule has 0 radical (unpaired) electrons. The van der Waals surface area contributed by atoms with Crippen molar-refractivity contribution in [3.63, 3.8) is 0 Å². The van der Waals surface area contributed by atoms with Crippen molar-refractivity contribution in [3.05, 3.63) is 77.8 Å². The molecule has 4 aromatic heterocycles. The van der Waals surface area contributed by atoms with Gasteiger partial charge in [-0.05, 0) is 24.3 Å². The van der Waals surface area contributed by atoms with Gasteiger partial charge < -0.3 is 14.5 Å². The number of thiazole rings is 1. The predicted octanol–water partition coefficient (Wildman–Crippen LogP) is 3.69. The summed E-state index contributed by atoms with van der Waals surface area (Å²) in [5, 5.41) is 4.81. The second kappa shape index (κ2) is 7.64. The Labute approximate surface area is 176 Å². The lowest BCUT2D eigenvalue weighted by atomic mass is 10.1. The molecule has 0 aliphatic rings. The Balaban J connectivity index is 1.31. The van der Waals surface area contributed by atoms with Crippen molar-refractivity contribution in [1.82, 2.24) is 24.1 Å². The average Bonchev–Trinajstić information content (AvgIpc) is 3.47. The number of rotatable bonds is 6. The molecule has 8 heteroatoms. The second-order valence-electron chi connectivity index (χ2n) is 6.80. The van der Waals surface area contributed by atoms with Gasteiger partial charge in [0.05, 0.1) is 18.5 Å². The molecule has 0 bridgehead atoms. The Bertz CT molecular complexity index is 1320. The fourth-order valence-corrected chi connectivity index (χ4v) is 4.29. The first-order valence-corrected chi connectivity index (χ1v) is 10.4. The normalized spacial score (nSPS) is 11.2. The van der Waals surface area contributed by atoms with Gasteiger partial charge in [0.2, 0.25) is 0 Å². The van der Waals surface area contributed by atoms with E-state index >= 15 is 0 Å². The van der Waals surface area contributed by atoms with Gasteiger partial charge in [-0.3, -0.25) is 9.20 Å². The fourth-order valence-electron chi connectivity index (χ4n) is 3.44. The number of benzene rings is 1. The van der Waals surface area contributed by atoms with E-state index in [-0.39, 0.29) is 5.91 Å². The van der Waals surface area contributed by atoms with Gasteiger partial charge in [0, 0.05) is 42.5 Å². The number of pyridine rings is 1. The summed E-state index contributed by atoms with van der Waals surface area (Å²) >= 11 is 1.44. The number of methoxy groups -OCH3 is 1. The number of ether oxygens (including phenoxy) is 1. The molecule has 30 heavy (non-hydrogen) atoms. The second-order valence-corrected chi connectivity index (χ2v) is 7.64. The largest absolute Gasteiger partial charge is 0.496 e. The third kappa shape index (κ3) is 3.31. The van der Waals surface area contributed by atoms with Gasteiger partial charge in [0.25, 0.3) is 5.91 Å². The van der Waals surface area contributed by atoms with Crippen LogP contribution in [0.15, 0.2) is 66.4 Å². The van der Waals surface area contributed by atoms with Crippen molar-refractivity contribution in [2.75, 3.05) is 13.7 Å². The molecule has 1 aromatic carbocycles. The SMILES string of the molecule is COc1ccccc1-c1cn2c(C(=O)NCCc3cn4ccccc4n3)csc2n1. The van der Waals surface area contributed by atoms with Gasteiger partial charge in [-0.2, -0.15) is 0 Å². The number of nitrogens with zero attached hydrogens (tertiary/aromatic N) is 4. The van der Waals surface area contributed by atoms with Crippen LogP contribution in [0.25, 0.3) is 21.9 Å². The van der Waals surface area contributed by atoms with Crippen molar-refractivity contribution in [1.29, 1.82) is 0 Å². The number of amides is 1. The van der Waals surface area contributed by atoms with Crippen molar-refractivity contribution < 1.29 is 9.53 Å². The van der Waals surface area contributed by atoms with Crippen molar-refractivity contribution in [2.45, 2.75) is 6.42 Å². The Hall–Kier alpha value is -3.65. The van der Waals surface area contributed by atoms with Crippen LogP contribution in [-0.2, 0) is 6.42 Å². The summed E-state index contributed by atoms with van der Waals surface area (Å²) in [4.78, 5) is 22.7. The molecule has 0 atom stereocenters. The number of nitrogens with one attached hydrogen (secondary N) is 1. The molecule has 1 amide bonds. The van der Waals surface area contributed by atoms with Crippen LogP contribution in [0.4, 0.5) is 0 Å². The zero-order valence-corrected chi connectivity index (χ0v) is 17.1. The van der Waals surface area contributed by atoms with Gasteiger partial charge >= 0.3 is 0 Å². The predicted molar refractivity (Wildman–Crippen MR) is 116 cm³/mol. The molecule has 5 aromatic rings. The number of imidazole rings is 2. The number of carbonyl (C=O) groups is 1. The summed E-state index contributed by atoms with van der Waals surface area (Å²) in [6.07, 6.45) is 6.49. The molecule has 0 saturated heterocycles. The van der Waals surface area contributed by atoms with Crippen LogP contribution >= 0.6 is 11.3 Å². The van der Waals surface area contributed by atoms with Crippen LogP contribution in [0.3, 0.4) is 0 Å². The highest BCUT2D eigenvalue weighted by molar-refractivity contribution is 7.15. The summed E-state index contributed by atoms with van der Waals surface area (Å²) in [5.41, 5.74) is 4.09. The van der Waals surface area contributed by atoms with Crippen LogP contribution in [-0.4, -0.2) is 38.3 Å². The highest BCUT2D eigenvalue weighted by Gasteiger charge is 2.16. The molecule has 0 spiro atoms. The number of carbonyl (C=O) groups excluding carboxylic acids is 1. The van der Waals surface area contributed by atoms with E-state index in [0.29, 0.717) is 18.7 Å². The highest BCUT2D eigenvalue weighted by atomic mass is 32.1. The fraction of sp³-hybridized carbons (Fsp3) is 0.136. The lowest BCUT2D eigenvalue weighted by molar-refractivity contribution is 0.0948. The Kier molecular flexibility index (Phi) is 4.68. The topological polar surface area (TPSA) is 72.9 Å². The number of aromatic nitrogens is 4. The van der Waals surface area contributed by atoms with Gasteiger partial charge in [-0.15, -0.1) is 11.3 Å². The zero-order chi connectivity index (χ0) is 20.5. The minimum Gasteiger partial charge on any atom is -0.496 e. The van der Waals surface area contributed by atoms with E-state index in [0.717, 1.165) is 33.3 Å². The summed E-state index contributed by atoms with van der Waals surface area (Å²) in [7, 11) is 1.64. The molecule has 0 aliphatic heterocycles. The third-order valence-corrected chi connectivity index (χ3v) is 5.75. The van der Waals surface area contributed by atoms with E-state index in [2.05, 4.69) is 15.3 Å². The summed E-state index contributed by atoms with van der Waals surface area (Å²) < 4.78 is 9.24. The highest BCUT2D eigenvalue weighted by Crippen LogP contribution is 2.30. The van der Waals surface area contributed by atoms with Crippen LogP contribution in [0, 0.1) is 0 Å². The smallest absolute Gasteiger partial charge is 0.269 e. The van der Waals surface area contributed by atoms with E-state index in [1.54, 1.807) is 7.11 Å². The van der Waals surface area contributed by atoms with Crippen molar-refractivity contribution >= 4 is 27.9 Å². The molecule has 150 valence electrons. The monoisotopic (exact) mass is 417 g/mol. The quantitative estimate of drug-likeness (QED) is 0.457. The third-order valence-electron chi connectivity index (χ3n) is 4.91. The molecular formula is C22H19N5O2S. The minimum absolute atomic E-state index is 0.131. The molecule has 0 fully saturated rings. The number of hydrogen-bond donors (Lipinski definition) is 1. The standard InChI is InChI=1S/C22H19N5O2S/c1-29-19-7-3-2-6-16(19)17-13-27-18(14-30-22(27)25-17)21(28)23-10-9-15-12-26-11-5-4-8-20(26)24-15/h2-8,11-14H,9-10H2,1H3,(H,23,28). The average molecular weight is 417 g/mol. The van der Waals surface area contributed by atoms with E-state index < -0.39 is 0 Å². The van der Waals surface area contributed by atoms with E-state index in [1.807, 2.05) is 75.2 Å². The minimum atomic E-state index is -0.131. The molecule has 0 unspecified atom stereocenters. The van der Waals surface area contributed by atoms with Crippen LogP contribution in [0.1, 0.15) is 16.2 Å². The molecular weight excluding hydrogens is 398 g/mol. The maximum Gasteiger partial charge on any atom is 0.269 e. The van der Waals surface area contributed by atoms with Gasteiger partial charge in [0.15, 0.2) is 4.96 Å². The lowest BCUT2D eigenvalue weighted by Gasteiger charge is -2.05. The summed E-state index contributed by atoms with van der Waals surface area (Å²) in [6, 6.07) is 13.6. The van der Waals surface area contributed by atoms with Gasteiger partial charge in [0.1, 0.15) is 17.1 Å². The summed E-state index contributed by atoms with van der Waals surface area (Å²) in [6.45, 7) is 0.508.